The van der Waals surface area contributed by atoms with Crippen molar-refractivity contribution in [1.82, 2.24) is 15.5 Å². The van der Waals surface area contributed by atoms with Crippen molar-refractivity contribution >= 4 is 29.9 Å². The van der Waals surface area contributed by atoms with Crippen LogP contribution in [0.5, 0.6) is 0 Å². The van der Waals surface area contributed by atoms with Gasteiger partial charge in [0, 0.05) is 33.9 Å². The molecular formula is C20H34FIN4O. The lowest BCUT2D eigenvalue weighted by molar-refractivity contribution is 0.0732. The normalized spacial score (nSPS) is 17.0. The van der Waals surface area contributed by atoms with E-state index < -0.39 is 0 Å². The summed E-state index contributed by atoms with van der Waals surface area (Å²) in [5.74, 6) is 0.582. The van der Waals surface area contributed by atoms with Gasteiger partial charge in [0.25, 0.3) is 0 Å². The molecule has 1 saturated carbocycles. The van der Waals surface area contributed by atoms with Crippen molar-refractivity contribution in [1.29, 1.82) is 0 Å². The number of nitrogens with one attached hydrogen (secondary N) is 2. The Kier molecular flexibility index (Phi) is 10.5. The van der Waals surface area contributed by atoms with E-state index in [4.69, 9.17) is 4.74 Å². The largest absolute Gasteiger partial charge is 0.385 e. The molecule has 5 nitrogen and oxygen atoms in total. The molecule has 0 aliphatic heterocycles. The van der Waals surface area contributed by atoms with Gasteiger partial charge in [0.1, 0.15) is 5.82 Å². The van der Waals surface area contributed by atoms with E-state index in [1.54, 1.807) is 26.3 Å². The highest BCUT2D eigenvalue weighted by molar-refractivity contribution is 14.0. The maximum Gasteiger partial charge on any atom is 0.191 e. The van der Waals surface area contributed by atoms with E-state index in [2.05, 4.69) is 20.5 Å². The Bertz CT molecular complexity index is 593. The van der Waals surface area contributed by atoms with E-state index in [0.29, 0.717) is 12.0 Å². The van der Waals surface area contributed by atoms with Gasteiger partial charge in [-0.3, -0.25) is 4.99 Å². The fourth-order valence-corrected chi connectivity index (χ4v) is 3.51. The number of rotatable bonds is 9. The van der Waals surface area contributed by atoms with E-state index >= 15 is 0 Å². The smallest absolute Gasteiger partial charge is 0.191 e. The Morgan fingerprint density at radius 3 is 2.59 bits per heavy atom. The first-order chi connectivity index (χ1) is 12.5. The maximum atomic E-state index is 13.6. The van der Waals surface area contributed by atoms with Gasteiger partial charge in [-0.2, -0.15) is 0 Å². The monoisotopic (exact) mass is 492 g/mol. The molecule has 0 aromatic heterocycles. The molecule has 154 valence electrons. The van der Waals surface area contributed by atoms with Gasteiger partial charge in [0.15, 0.2) is 5.96 Å². The molecule has 1 aromatic carbocycles. The van der Waals surface area contributed by atoms with Crippen molar-refractivity contribution in [3.8, 4) is 0 Å². The number of hydrogen-bond acceptors (Lipinski definition) is 3. The molecule has 1 aliphatic carbocycles. The number of likely N-dealkylation sites (N-methyl/N-ethyl adjacent to an activating group) is 1. The minimum absolute atomic E-state index is 0. The Hall–Kier alpha value is -0.930. The van der Waals surface area contributed by atoms with E-state index in [1.807, 2.05) is 20.2 Å². The van der Waals surface area contributed by atoms with Gasteiger partial charge in [-0.25, -0.2) is 4.39 Å². The lowest BCUT2D eigenvalue weighted by Crippen LogP contribution is -2.48. The highest BCUT2D eigenvalue weighted by Gasteiger charge is 2.36. The van der Waals surface area contributed by atoms with E-state index in [9.17, 15) is 4.39 Å². The van der Waals surface area contributed by atoms with Crippen LogP contribution >= 0.6 is 24.0 Å². The number of guanidine groups is 1. The van der Waals surface area contributed by atoms with Gasteiger partial charge in [-0.05, 0) is 56.5 Å². The first-order valence-corrected chi connectivity index (χ1v) is 9.35. The molecule has 1 atom stereocenters. The lowest BCUT2D eigenvalue weighted by atomic mass is 9.67. The van der Waals surface area contributed by atoms with Gasteiger partial charge >= 0.3 is 0 Å². The van der Waals surface area contributed by atoms with Crippen LogP contribution in [-0.4, -0.2) is 58.8 Å². The molecule has 2 N–H and O–H groups in total. The Balaban J connectivity index is 0.00000364. The van der Waals surface area contributed by atoms with Crippen molar-refractivity contribution in [3.63, 3.8) is 0 Å². The van der Waals surface area contributed by atoms with Crippen LogP contribution in [0, 0.1) is 11.2 Å². The van der Waals surface area contributed by atoms with E-state index in [0.717, 1.165) is 31.1 Å². The van der Waals surface area contributed by atoms with Crippen LogP contribution in [-0.2, 0) is 4.74 Å². The van der Waals surface area contributed by atoms with E-state index in [-0.39, 0.29) is 35.8 Å². The van der Waals surface area contributed by atoms with Crippen molar-refractivity contribution in [2.75, 3.05) is 47.9 Å². The van der Waals surface area contributed by atoms with Crippen LogP contribution in [0.2, 0.25) is 0 Å². The zero-order chi connectivity index (χ0) is 19.0. The predicted molar refractivity (Wildman–Crippen MR) is 120 cm³/mol. The van der Waals surface area contributed by atoms with Crippen LogP contribution in [0.3, 0.4) is 0 Å². The van der Waals surface area contributed by atoms with Crippen LogP contribution in [0.25, 0.3) is 0 Å². The molecule has 1 fully saturated rings. The fraction of sp³-hybridized carbons (Fsp3) is 0.650. The van der Waals surface area contributed by atoms with Crippen molar-refractivity contribution < 1.29 is 9.13 Å². The van der Waals surface area contributed by atoms with Gasteiger partial charge in [-0.1, -0.05) is 18.6 Å². The summed E-state index contributed by atoms with van der Waals surface area (Å²) < 4.78 is 18.8. The summed E-state index contributed by atoms with van der Waals surface area (Å²) in [5.41, 5.74) is 1.28. The van der Waals surface area contributed by atoms with Crippen LogP contribution in [0.15, 0.2) is 29.3 Å². The summed E-state index contributed by atoms with van der Waals surface area (Å²) in [6.07, 6.45) is 4.85. The molecule has 1 aromatic rings. The van der Waals surface area contributed by atoms with E-state index in [1.165, 1.54) is 25.3 Å². The number of benzene rings is 1. The SMILES string of the molecule is CN=C(NCC(c1cccc(F)c1)N(C)C)NCC1(CCOC)CCC1.I. The summed E-state index contributed by atoms with van der Waals surface area (Å²) in [6.45, 7) is 2.36. The summed E-state index contributed by atoms with van der Waals surface area (Å²) in [6, 6.07) is 6.85. The average Bonchev–Trinajstić information content (AvgIpc) is 2.58. The zero-order valence-electron chi connectivity index (χ0n) is 16.9. The first-order valence-electron chi connectivity index (χ1n) is 9.35. The molecule has 0 radical (unpaired) electrons. The molecule has 0 bridgehead atoms. The third-order valence-corrected chi connectivity index (χ3v) is 5.42. The van der Waals surface area contributed by atoms with Crippen LogP contribution in [0.4, 0.5) is 4.39 Å². The molecule has 1 unspecified atom stereocenters. The second kappa shape index (κ2) is 11.8. The Morgan fingerprint density at radius 1 is 1.33 bits per heavy atom. The number of halogens is 2. The van der Waals surface area contributed by atoms with Gasteiger partial charge in [-0.15, -0.1) is 24.0 Å². The first kappa shape index (κ1) is 24.1. The predicted octanol–water partition coefficient (Wildman–Crippen LogP) is 3.42. The van der Waals surface area contributed by atoms with Crippen molar-refractivity contribution in [2.24, 2.45) is 10.4 Å². The minimum Gasteiger partial charge on any atom is -0.385 e. The van der Waals surface area contributed by atoms with Crippen LogP contribution < -0.4 is 10.6 Å². The second-order valence-electron chi connectivity index (χ2n) is 7.44. The quantitative estimate of drug-likeness (QED) is 0.315. The summed E-state index contributed by atoms with van der Waals surface area (Å²) in [4.78, 5) is 6.43. The topological polar surface area (TPSA) is 48.9 Å². The van der Waals surface area contributed by atoms with Crippen molar-refractivity contribution in [3.05, 3.63) is 35.6 Å². The maximum absolute atomic E-state index is 13.6. The lowest BCUT2D eigenvalue weighted by Gasteiger charge is -2.42. The molecule has 7 heteroatoms. The third-order valence-electron chi connectivity index (χ3n) is 5.42. The molecular weight excluding hydrogens is 458 g/mol. The minimum atomic E-state index is -0.207. The molecule has 0 amide bonds. The standard InChI is InChI=1S/C20H33FN4O.HI/c1-22-19(24-15-20(9-6-10-20)11-12-26-4)23-14-18(25(2)3)16-7-5-8-17(21)13-16;/h5,7-8,13,18H,6,9-12,14-15H2,1-4H3,(H2,22,23,24);1H. The van der Waals surface area contributed by atoms with Gasteiger partial charge in [0.05, 0.1) is 6.04 Å². The molecule has 0 saturated heterocycles. The Labute approximate surface area is 180 Å². The number of aliphatic imine (C=N–C) groups is 1. The highest BCUT2D eigenvalue weighted by atomic mass is 127. The number of ether oxygens (including phenoxy) is 1. The van der Waals surface area contributed by atoms with Crippen LogP contribution in [0.1, 0.15) is 37.3 Å². The van der Waals surface area contributed by atoms with Gasteiger partial charge < -0.3 is 20.3 Å². The second-order valence-corrected chi connectivity index (χ2v) is 7.44. The van der Waals surface area contributed by atoms with Crippen molar-refractivity contribution in [2.45, 2.75) is 31.7 Å². The summed E-state index contributed by atoms with van der Waals surface area (Å²) in [5, 5.41) is 6.86. The fourth-order valence-electron chi connectivity index (χ4n) is 3.51. The summed E-state index contributed by atoms with van der Waals surface area (Å²) >= 11 is 0. The Morgan fingerprint density at radius 2 is 2.07 bits per heavy atom. The number of hydrogen-bond donors (Lipinski definition) is 2. The molecule has 0 heterocycles. The number of nitrogens with zero attached hydrogens (tertiary/aromatic N) is 2. The third kappa shape index (κ3) is 7.19. The summed E-state index contributed by atoms with van der Waals surface area (Å²) in [7, 11) is 7.54. The molecule has 1 aliphatic rings. The zero-order valence-corrected chi connectivity index (χ0v) is 19.3. The molecule has 2 rings (SSSR count). The van der Waals surface area contributed by atoms with Gasteiger partial charge in [0.2, 0.25) is 0 Å². The molecule has 27 heavy (non-hydrogen) atoms. The average molecular weight is 492 g/mol. The molecule has 0 spiro atoms. The number of methoxy groups -OCH3 is 1. The highest BCUT2D eigenvalue weighted by Crippen LogP contribution is 2.43.